The molecule has 0 radical (unpaired) electrons. The lowest BCUT2D eigenvalue weighted by molar-refractivity contribution is -0.137. The predicted molar refractivity (Wildman–Crippen MR) is 74.8 cm³/mol. The van der Waals surface area contributed by atoms with Gasteiger partial charge in [0.05, 0.1) is 6.42 Å². The molecule has 104 valence electrons. The highest BCUT2D eigenvalue weighted by atomic mass is 35.5. The number of amides is 1. The number of rotatable bonds is 5. The standard InChI is InChI=1S/C13H15Cl2NO3/c1-7(2)11(6-12(17)18)16-13(19)8-3-9(14)5-10(15)4-8/h3-5,7,11H,6H2,1-2H3,(H,16,19)(H,17,18). The molecule has 0 heterocycles. The van der Waals surface area contributed by atoms with Crippen LogP contribution in [0.15, 0.2) is 18.2 Å². The Morgan fingerprint density at radius 3 is 2.16 bits per heavy atom. The summed E-state index contributed by atoms with van der Waals surface area (Å²) in [5, 5.41) is 12.2. The molecule has 4 nitrogen and oxygen atoms in total. The van der Waals surface area contributed by atoms with Crippen molar-refractivity contribution in [2.75, 3.05) is 0 Å². The second-order valence-corrected chi connectivity index (χ2v) is 5.45. The van der Waals surface area contributed by atoms with Crippen LogP contribution in [0.2, 0.25) is 10.0 Å². The maximum atomic E-state index is 12.0. The third-order valence-electron chi connectivity index (χ3n) is 2.64. The minimum atomic E-state index is -0.955. The molecule has 1 aromatic rings. The van der Waals surface area contributed by atoms with Crippen molar-refractivity contribution < 1.29 is 14.7 Å². The van der Waals surface area contributed by atoms with Crippen LogP contribution in [0.1, 0.15) is 30.6 Å². The van der Waals surface area contributed by atoms with Crippen LogP contribution in [0.5, 0.6) is 0 Å². The topological polar surface area (TPSA) is 66.4 Å². The van der Waals surface area contributed by atoms with Gasteiger partial charge < -0.3 is 10.4 Å². The van der Waals surface area contributed by atoms with Crippen molar-refractivity contribution in [1.29, 1.82) is 0 Å². The summed E-state index contributed by atoms with van der Waals surface area (Å²) in [6.45, 7) is 3.69. The first-order chi connectivity index (χ1) is 8.79. The van der Waals surface area contributed by atoms with Gasteiger partial charge >= 0.3 is 5.97 Å². The molecule has 0 bridgehead atoms. The molecule has 1 atom stereocenters. The van der Waals surface area contributed by atoms with Crippen LogP contribution >= 0.6 is 23.2 Å². The van der Waals surface area contributed by atoms with Crippen LogP contribution in [0.3, 0.4) is 0 Å². The van der Waals surface area contributed by atoms with Gasteiger partial charge in [-0.05, 0) is 24.1 Å². The Hall–Kier alpha value is -1.26. The quantitative estimate of drug-likeness (QED) is 0.877. The van der Waals surface area contributed by atoms with Crippen LogP contribution in [-0.4, -0.2) is 23.0 Å². The smallest absolute Gasteiger partial charge is 0.305 e. The lowest BCUT2D eigenvalue weighted by atomic mass is 10.0. The van der Waals surface area contributed by atoms with E-state index in [2.05, 4.69) is 5.32 Å². The van der Waals surface area contributed by atoms with Gasteiger partial charge in [-0.3, -0.25) is 9.59 Å². The van der Waals surface area contributed by atoms with E-state index in [0.29, 0.717) is 15.6 Å². The molecule has 0 saturated carbocycles. The van der Waals surface area contributed by atoms with Gasteiger partial charge in [0.1, 0.15) is 0 Å². The normalized spacial score (nSPS) is 12.3. The average molecular weight is 304 g/mol. The van der Waals surface area contributed by atoms with Gasteiger partial charge in [-0.2, -0.15) is 0 Å². The van der Waals surface area contributed by atoms with Crippen molar-refractivity contribution in [2.24, 2.45) is 5.92 Å². The van der Waals surface area contributed by atoms with Crippen molar-refractivity contribution >= 4 is 35.1 Å². The molecule has 1 rings (SSSR count). The maximum absolute atomic E-state index is 12.0. The van der Waals surface area contributed by atoms with Crippen molar-refractivity contribution in [3.63, 3.8) is 0 Å². The Morgan fingerprint density at radius 1 is 1.21 bits per heavy atom. The molecule has 1 amide bonds. The van der Waals surface area contributed by atoms with Crippen LogP contribution in [0, 0.1) is 5.92 Å². The summed E-state index contributed by atoms with van der Waals surface area (Å²) in [5.74, 6) is -1.33. The van der Waals surface area contributed by atoms with E-state index in [4.69, 9.17) is 28.3 Å². The number of carbonyl (C=O) groups is 2. The van der Waals surface area contributed by atoms with Crippen molar-refractivity contribution in [3.8, 4) is 0 Å². The molecular formula is C13H15Cl2NO3. The molecule has 0 spiro atoms. The number of carboxylic acids is 1. The summed E-state index contributed by atoms with van der Waals surface area (Å²) in [5.41, 5.74) is 0.313. The molecule has 1 unspecified atom stereocenters. The van der Waals surface area contributed by atoms with Crippen LogP contribution in [0.25, 0.3) is 0 Å². The lowest BCUT2D eigenvalue weighted by Gasteiger charge is -2.20. The Labute approximate surface area is 121 Å². The minimum Gasteiger partial charge on any atom is -0.481 e. The fourth-order valence-electron chi connectivity index (χ4n) is 1.58. The van der Waals surface area contributed by atoms with Gasteiger partial charge in [0.2, 0.25) is 0 Å². The van der Waals surface area contributed by atoms with E-state index in [1.807, 2.05) is 13.8 Å². The van der Waals surface area contributed by atoms with Crippen LogP contribution < -0.4 is 5.32 Å². The fraction of sp³-hybridized carbons (Fsp3) is 0.385. The number of halogens is 2. The molecule has 0 aliphatic heterocycles. The molecule has 6 heteroatoms. The molecule has 2 N–H and O–H groups in total. The van der Waals surface area contributed by atoms with E-state index < -0.39 is 12.0 Å². The number of aliphatic carboxylic acids is 1. The Kier molecular flexibility index (Phi) is 5.63. The maximum Gasteiger partial charge on any atom is 0.305 e. The average Bonchev–Trinajstić information content (AvgIpc) is 2.25. The van der Waals surface area contributed by atoms with E-state index in [-0.39, 0.29) is 18.2 Å². The SMILES string of the molecule is CC(C)C(CC(=O)O)NC(=O)c1cc(Cl)cc(Cl)c1. The summed E-state index contributed by atoms with van der Waals surface area (Å²) in [6.07, 6.45) is -0.127. The summed E-state index contributed by atoms with van der Waals surface area (Å²) >= 11 is 11.6. The number of carboxylic acid groups (broad SMARTS) is 1. The first kappa shape index (κ1) is 15.8. The third kappa shape index (κ3) is 5.09. The number of hydrogen-bond donors (Lipinski definition) is 2. The van der Waals surface area contributed by atoms with Gasteiger partial charge in [-0.25, -0.2) is 0 Å². The second kappa shape index (κ2) is 6.78. The van der Waals surface area contributed by atoms with E-state index in [0.717, 1.165) is 0 Å². The highest BCUT2D eigenvalue weighted by molar-refractivity contribution is 6.35. The zero-order chi connectivity index (χ0) is 14.6. The number of carbonyl (C=O) groups excluding carboxylic acids is 1. The first-order valence-corrected chi connectivity index (χ1v) is 6.54. The molecule has 0 saturated heterocycles. The Morgan fingerprint density at radius 2 is 1.74 bits per heavy atom. The molecule has 0 fully saturated rings. The fourth-order valence-corrected chi connectivity index (χ4v) is 2.10. The molecule has 19 heavy (non-hydrogen) atoms. The zero-order valence-electron chi connectivity index (χ0n) is 10.6. The van der Waals surface area contributed by atoms with E-state index >= 15 is 0 Å². The van der Waals surface area contributed by atoms with Gasteiger partial charge in [0.15, 0.2) is 0 Å². The summed E-state index contributed by atoms with van der Waals surface area (Å²) in [4.78, 5) is 22.8. The Bertz CT molecular complexity index is 469. The van der Waals surface area contributed by atoms with Gasteiger partial charge in [0.25, 0.3) is 5.91 Å². The van der Waals surface area contributed by atoms with Crippen LogP contribution in [0.4, 0.5) is 0 Å². The molecule has 1 aromatic carbocycles. The Balaban J connectivity index is 2.84. The van der Waals surface area contributed by atoms with Gasteiger partial charge in [-0.1, -0.05) is 37.0 Å². The van der Waals surface area contributed by atoms with E-state index in [9.17, 15) is 9.59 Å². The number of benzene rings is 1. The molecule has 0 aromatic heterocycles. The number of hydrogen-bond acceptors (Lipinski definition) is 2. The van der Waals surface area contributed by atoms with E-state index in [1.165, 1.54) is 18.2 Å². The lowest BCUT2D eigenvalue weighted by Crippen LogP contribution is -2.40. The van der Waals surface area contributed by atoms with Crippen molar-refractivity contribution in [2.45, 2.75) is 26.3 Å². The van der Waals surface area contributed by atoms with Gasteiger partial charge in [0, 0.05) is 21.7 Å². The monoisotopic (exact) mass is 303 g/mol. The minimum absolute atomic E-state index is 0.00899. The predicted octanol–water partition coefficient (Wildman–Crippen LogP) is 3.22. The molecule has 0 aliphatic carbocycles. The third-order valence-corrected chi connectivity index (χ3v) is 3.08. The highest BCUT2D eigenvalue weighted by Crippen LogP contribution is 2.19. The zero-order valence-corrected chi connectivity index (χ0v) is 12.1. The summed E-state index contributed by atoms with van der Waals surface area (Å²) in [7, 11) is 0. The van der Waals surface area contributed by atoms with Crippen LogP contribution in [-0.2, 0) is 4.79 Å². The molecular weight excluding hydrogens is 289 g/mol. The number of nitrogens with one attached hydrogen (secondary N) is 1. The summed E-state index contributed by atoms with van der Waals surface area (Å²) < 4.78 is 0. The van der Waals surface area contributed by atoms with E-state index in [1.54, 1.807) is 0 Å². The summed E-state index contributed by atoms with van der Waals surface area (Å²) in [6, 6.07) is 4.06. The van der Waals surface area contributed by atoms with Crippen molar-refractivity contribution in [3.05, 3.63) is 33.8 Å². The second-order valence-electron chi connectivity index (χ2n) is 4.58. The highest BCUT2D eigenvalue weighted by Gasteiger charge is 2.20. The van der Waals surface area contributed by atoms with Gasteiger partial charge in [-0.15, -0.1) is 0 Å². The first-order valence-electron chi connectivity index (χ1n) is 5.78. The molecule has 0 aliphatic rings. The largest absolute Gasteiger partial charge is 0.481 e. The van der Waals surface area contributed by atoms with Crippen molar-refractivity contribution in [1.82, 2.24) is 5.32 Å².